The van der Waals surface area contributed by atoms with Crippen molar-refractivity contribution in [2.45, 2.75) is 70.6 Å². The highest BCUT2D eigenvalue weighted by Crippen LogP contribution is 2.64. The molecule has 4 unspecified atom stereocenters. The van der Waals surface area contributed by atoms with Crippen LogP contribution < -0.4 is 19.6 Å². The Bertz CT molecular complexity index is 2780. The van der Waals surface area contributed by atoms with Gasteiger partial charge in [-0.15, -0.1) is 0 Å². The van der Waals surface area contributed by atoms with E-state index in [4.69, 9.17) is 26.5 Å². The van der Waals surface area contributed by atoms with E-state index in [-0.39, 0.29) is 18.2 Å². The van der Waals surface area contributed by atoms with Gasteiger partial charge < -0.3 is 19.6 Å². The van der Waals surface area contributed by atoms with Crippen molar-refractivity contribution in [2.24, 2.45) is 5.92 Å². The second-order valence-corrected chi connectivity index (χ2v) is 17.5. The number of benzene rings is 5. The fourth-order valence-electron chi connectivity index (χ4n) is 10.8. The number of rotatable bonds is 5. The Morgan fingerprint density at radius 3 is 1.70 bits per heavy atom. The number of aromatic nitrogens is 4. The zero-order chi connectivity index (χ0) is 40.9. The van der Waals surface area contributed by atoms with E-state index in [9.17, 15) is 0 Å². The van der Waals surface area contributed by atoms with Crippen LogP contribution in [0.1, 0.15) is 75.1 Å². The Balaban J connectivity index is 1.24. The van der Waals surface area contributed by atoms with Crippen LogP contribution in [0.2, 0.25) is 0 Å². The van der Waals surface area contributed by atoms with E-state index in [2.05, 4.69) is 182 Å². The maximum atomic E-state index is 5.78. The molecule has 6 heterocycles. The van der Waals surface area contributed by atoms with Crippen molar-refractivity contribution in [2.75, 3.05) is 19.6 Å². The Morgan fingerprint density at radius 1 is 0.567 bits per heavy atom. The fraction of sp³-hybridized carbons (Fsp3) is 0.231. The highest BCUT2D eigenvalue weighted by atomic mass is 15.5. The summed E-state index contributed by atoms with van der Waals surface area (Å²) in [5.74, 6) is 3.84. The van der Waals surface area contributed by atoms with E-state index in [1.54, 1.807) is 0 Å². The highest BCUT2D eigenvalue weighted by molar-refractivity contribution is 5.93. The Kier molecular flexibility index (Phi) is 8.24. The first kappa shape index (κ1) is 36.3. The van der Waals surface area contributed by atoms with Crippen LogP contribution in [0.15, 0.2) is 153 Å². The Morgan fingerprint density at radius 2 is 1.08 bits per heavy atom. The summed E-state index contributed by atoms with van der Waals surface area (Å²) in [4.78, 5) is 31.4. The standard InChI is InChI=1S/C52H48N8/c1-32(2)37-23-17-24-38(33(3)4)44(37)41-31-55-48-49(56-41)60-43-27-16-14-25-40(43)52(6)30-34(5)39-22-13-15-26-42(39)59-47-46(53-28-29-54-47)57(35-18-9-7-10-19-35)50(59)45(52)51(60)58(48)36-20-11-8-12-21-36/h7-29,31-33,45,50-51H,5,30H2,1-4,6H3. The van der Waals surface area contributed by atoms with Crippen molar-refractivity contribution in [1.29, 1.82) is 0 Å². The van der Waals surface area contributed by atoms with Crippen LogP contribution in [0.5, 0.6) is 0 Å². The van der Waals surface area contributed by atoms with Gasteiger partial charge in [-0.2, -0.15) is 0 Å². The number of hydrogen-bond acceptors (Lipinski definition) is 8. The van der Waals surface area contributed by atoms with E-state index >= 15 is 0 Å². The van der Waals surface area contributed by atoms with Gasteiger partial charge in [0, 0.05) is 51.9 Å². The molecule has 4 aliphatic rings. The average Bonchev–Trinajstić information content (AvgIpc) is 3.79. The van der Waals surface area contributed by atoms with Crippen molar-refractivity contribution in [3.63, 3.8) is 0 Å². The second kappa shape index (κ2) is 13.6. The molecule has 4 aliphatic heterocycles. The first-order valence-electron chi connectivity index (χ1n) is 21.2. The van der Waals surface area contributed by atoms with E-state index in [0.717, 1.165) is 69.3 Å². The van der Waals surface area contributed by atoms with E-state index in [1.807, 2.05) is 18.6 Å². The molecule has 11 rings (SSSR count). The molecule has 5 aromatic carbocycles. The van der Waals surface area contributed by atoms with Gasteiger partial charge in [0.2, 0.25) is 0 Å². The SMILES string of the molecule is C=C1CC2(C)c3ccccc3N3c4nc(-c5c(C(C)C)cccc5C(C)C)cnc4N(c4ccccc4)C3C2C2N(c3ccccc3)c3nccnc3N2c2ccccc21. The minimum Gasteiger partial charge on any atom is -0.301 e. The van der Waals surface area contributed by atoms with Gasteiger partial charge in [-0.25, -0.2) is 19.9 Å². The normalized spacial score (nSPS) is 21.1. The maximum absolute atomic E-state index is 5.78. The van der Waals surface area contributed by atoms with Crippen molar-refractivity contribution >= 4 is 51.6 Å². The monoisotopic (exact) mass is 784 g/mol. The molecule has 7 aromatic rings. The molecule has 8 nitrogen and oxygen atoms in total. The molecule has 60 heavy (non-hydrogen) atoms. The van der Waals surface area contributed by atoms with Gasteiger partial charge in [0.25, 0.3) is 0 Å². The molecule has 2 aromatic heterocycles. The van der Waals surface area contributed by atoms with Crippen molar-refractivity contribution in [3.8, 4) is 11.3 Å². The number of anilines is 8. The average molecular weight is 785 g/mol. The predicted molar refractivity (Wildman–Crippen MR) is 244 cm³/mol. The molecule has 0 saturated carbocycles. The predicted octanol–water partition coefficient (Wildman–Crippen LogP) is 12.4. The molecule has 0 fully saturated rings. The molecule has 0 N–H and O–H groups in total. The highest BCUT2D eigenvalue weighted by Gasteiger charge is 2.63. The molecule has 0 amide bonds. The van der Waals surface area contributed by atoms with Gasteiger partial charge in [0.1, 0.15) is 12.3 Å². The zero-order valence-electron chi connectivity index (χ0n) is 34.7. The van der Waals surface area contributed by atoms with Crippen LogP contribution in [0, 0.1) is 5.92 Å². The molecule has 8 heteroatoms. The molecule has 296 valence electrons. The summed E-state index contributed by atoms with van der Waals surface area (Å²) in [7, 11) is 0. The molecule has 0 radical (unpaired) electrons. The summed E-state index contributed by atoms with van der Waals surface area (Å²) in [5, 5.41) is 0. The summed E-state index contributed by atoms with van der Waals surface area (Å²) in [6, 6.07) is 45.9. The summed E-state index contributed by atoms with van der Waals surface area (Å²) in [6.07, 6.45) is 5.85. The lowest BCUT2D eigenvalue weighted by Gasteiger charge is -2.57. The van der Waals surface area contributed by atoms with Crippen LogP contribution >= 0.6 is 0 Å². The summed E-state index contributed by atoms with van der Waals surface area (Å²) < 4.78 is 0. The maximum Gasteiger partial charge on any atom is 0.179 e. The van der Waals surface area contributed by atoms with E-state index < -0.39 is 5.41 Å². The van der Waals surface area contributed by atoms with Crippen LogP contribution in [0.3, 0.4) is 0 Å². The van der Waals surface area contributed by atoms with Gasteiger partial charge in [-0.1, -0.05) is 132 Å². The van der Waals surface area contributed by atoms with Crippen molar-refractivity contribution in [1.82, 2.24) is 19.9 Å². The second-order valence-electron chi connectivity index (χ2n) is 17.5. The quantitative estimate of drug-likeness (QED) is 0.171. The largest absolute Gasteiger partial charge is 0.301 e. The third-order valence-electron chi connectivity index (χ3n) is 13.3. The number of para-hydroxylation sites is 4. The zero-order valence-corrected chi connectivity index (χ0v) is 34.7. The molecular formula is C52H48N8. The first-order valence-corrected chi connectivity index (χ1v) is 21.2. The summed E-state index contributed by atoms with van der Waals surface area (Å²) >= 11 is 0. The smallest absolute Gasteiger partial charge is 0.179 e. The van der Waals surface area contributed by atoms with Crippen molar-refractivity contribution in [3.05, 3.63) is 175 Å². The molecule has 0 spiro atoms. The molecular weight excluding hydrogens is 737 g/mol. The van der Waals surface area contributed by atoms with Crippen LogP contribution in [0.25, 0.3) is 16.8 Å². The van der Waals surface area contributed by atoms with Gasteiger partial charge in [0.05, 0.1) is 17.6 Å². The minimum absolute atomic E-state index is 0.137. The van der Waals surface area contributed by atoms with Crippen molar-refractivity contribution < 1.29 is 0 Å². The lowest BCUT2D eigenvalue weighted by Crippen LogP contribution is -2.65. The molecule has 0 bridgehead atoms. The summed E-state index contributed by atoms with van der Waals surface area (Å²) in [6.45, 7) is 16.4. The van der Waals surface area contributed by atoms with E-state index in [1.165, 1.54) is 22.3 Å². The Hall–Kier alpha value is -6.80. The van der Waals surface area contributed by atoms with E-state index in [0.29, 0.717) is 11.8 Å². The lowest BCUT2D eigenvalue weighted by atomic mass is 9.61. The number of nitrogens with zero attached hydrogens (tertiary/aromatic N) is 8. The van der Waals surface area contributed by atoms with Gasteiger partial charge in [-0.3, -0.25) is 0 Å². The van der Waals surface area contributed by atoms with Gasteiger partial charge in [0.15, 0.2) is 23.3 Å². The Labute approximate surface area is 352 Å². The third kappa shape index (κ3) is 5.16. The first-order chi connectivity index (χ1) is 29.3. The third-order valence-corrected chi connectivity index (χ3v) is 13.3. The number of allylic oxidation sites excluding steroid dienone is 1. The molecule has 0 aliphatic carbocycles. The van der Waals surface area contributed by atoms with Crippen LogP contribution in [-0.4, -0.2) is 32.3 Å². The van der Waals surface area contributed by atoms with Crippen LogP contribution in [-0.2, 0) is 5.41 Å². The number of fused-ring (bicyclic) bond motifs is 14. The topological polar surface area (TPSA) is 64.5 Å². The number of hydrogen-bond donors (Lipinski definition) is 0. The fourth-order valence-corrected chi connectivity index (χ4v) is 10.8. The molecule has 0 saturated heterocycles. The van der Waals surface area contributed by atoms with Gasteiger partial charge in [-0.05, 0) is 76.9 Å². The minimum atomic E-state index is -0.451. The molecule has 4 atom stereocenters. The summed E-state index contributed by atoms with van der Waals surface area (Å²) in [5.41, 5.74) is 12.0. The lowest BCUT2D eigenvalue weighted by molar-refractivity contribution is 0.203. The van der Waals surface area contributed by atoms with Crippen LogP contribution in [0.4, 0.5) is 46.0 Å². The van der Waals surface area contributed by atoms with Gasteiger partial charge >= 0.3 is 0 Å².